The fourth-order valence-electron chi connectivity index (χ4n) is 5.02. The Balaban J connectivity index is 1.45. The van der Waals surface area contributed by atoms with Crippen LogP contribution in [0, 0.1) is 11.3 Å². The lowest BCUT2D eigenvalue weighted by Gasteiger charge is -2.33. The van der Waals surface area contributed by atoms with Crippen LogP contribution in [0.25, 0.3) is 0 Å². The van der Waals surface area contributed by atoms with Crippen molar-refractivity contribution in [3.05, 3.63) is 22.3 Å². The number of pyridine rings is 1. The van der Waals surface area contributed by atoms with Crippen molar-refractivity contribution in [3.8, 4) is 0 Å². The number of halogens is 1. The maximum absolute atomic E-state index is 13.2. The molecule has 2 saturated heterocycles. The highest BCUT2D eigenvalue weighted by molar-refractivity contribution is 6.29. The van der Waals surface area contributed by atoms with Crippen molar-refractivity contribution in [2.24, 2.45) is 11.3 Å². The predicted octanol–water partition coefficient (Wildman–Crippen LogP) is 3.50. The molecule has 5 nitrogen and oxygen atoms in total. The Hall–Kier alpha value is -1.33. The SMILES string of the molecule is C[C@@H](C1CC1)N1Cc2cc(Cl)nc(N3CCC4(CCOCC4)C3)c2C1=O. The summed E-state index contributed by atoms with van der Waals surface area (Å²) in [5.41, 5.74) is 2.16. The summed E-state index contributed by atoms with van der Waals surface area (Å²) in [6.07, 6.45) is 5.83. The second kappa shape index (κ2) is 6.10. The predicted molar refractivity (Wildman–Crippen MR) is 101 cm³/mol. The number of nitrogens with zero attached hydrogens (tertiary/aromatic N) is 3. The third kappa shape index (κ3) is 2.71. The van der Waals surface area contributed by atoms with E-state index in [0.717, 1.165) is 62.5 Å². The Morgan fingerprint density at radius 2 is 2.08 bits per heavy atom. The summed E-state index contributed by atoms with van der Waals surface area (Å²) < 4.78 is 5.56. The molecule has 1 aromatic rings. The average molecular weight is 376 g/mol. The summed E-state index contributed by atoms with van der Waals surface area (Å²) in [4.78, 5) is 22.2. The van der Waals surface area contributed by atoms with Crippen molar-refractivity contribution in [2.75, 3.05) is 31.2 Å². The summed E-state index contributed by atoms with van der Waals surface area (Å²) >= 11 is 6.35. The first kappa shape index (κ1) is 16.8. The van der Waals surface area contributed by atoms with E-state index in [-0.39, 0.29) is 5.91 Å². The molecule has 1 aliphatic carbocycles. The van der Waals surface area contributed by atoms with Gasteiger partial charge in [0.15, 0.2) is 0 Å². The van der Waals surface area contributed by atoms with E-state index in [0.29, 0.717) is 29.1 Å². The van der Waals surface area contributed by atoms with E-state index in [1.807, 2.05) is 11.0 Å². The molecule has 1 amide bonds. The summed E-state index contributed by atoms with van der Waals surface area (Å²) in [5, 5.41) is 0.500. The Morgan fingerprint density at radius 1 is 1.31 bits per heavy atom. The Kier molecular flexibility index (Phi) is 3.94. The van der Waals surface area contributed by atoms with Crippen LogP contribution in [-0.2, 0) is 11.3 Å². The van der Waals surface area contributed by atoms with Gasteiger partial charge in [0.25, 0.3) is 5.91 Å². The highest BCUT2D eigenvalue weighted by Crippen LogP contribution is 2.44. The molecule has 26 heavy (non-hydrogen) atoms. The van der Waals surface area contributed by atoms with Gasteiger partial charge in [0.1, 0.15) is 11.0 Å². The van der Waals surface area contributed by atoms with Gasteiger partial charge in [-0.05, 0) is 62.0 Å². The van der Waals surface area contributed by atoms with Crippen LogP contribution in [0.2, 0.25) is 5.15 Å². The zero-order valence-electron chi connectivity index (χ0n) is 15.3. The van der Waals surface area contributed by atoms with Crippen LogP contribution in [-0.4, -0.2) is 48.1 Å². The first-order valence-electron chi connectivity index (χ1n) is 9.89. The van der Waals surface area contributed by atoms with E-state index >= 15 is 0 Å². The first-order valence-corrected chi connectivity index (χ1v) is 10.3. The monoisotopic (exact) mass is 375 g/mol. The number of carbonyl (C=O) groups excluding carboxylic acids is 1. The van der Waals surface area contributed by atoms with Crippen molar-refractivity contribution in [1.82, 2.24) is 9.88 Å². The molecule has 0 aromatic carbocycles. The highest BCUT2D eigenvalue weighted by Gasteiger charge is 2.44. The Bertz CT molecular complexity index is 743. The zero-order valence-corrected chi connectivity index (χ0v) is 16.1. The largest absolute Gasteiger partial charge is 0.381 e. The molecule has 1 atom stereocenters. The Labute approximate surface area is 159 Å². The lowest BCUT2D eigenvalue weighted by Crippen LogP contribution is -2.36. The molecule has 140 valence electrons. The summed E-state index contributed by atoms with van der Waals surface area (Å²) in [5.74, 6) is 1.62. The minimum Gasteiger partial charge on any atom is -0.381 e. The highest BCUT2D eigenvalue weighted by atomic mass is 35.5. The smallest absolute Gasteiger partial charge is 0.258 e. The molecule has 3 fully saturated rings. The van der Waals surface area contributed by atoms with Crippen molar-refractivity contribution >= 4 is 23.3 Å². The van der Waals surface area contributed by atoms with Crippen molar-refractivity contribution in [1.29, 1.82) is 0 Å². The molecule has 4 heterocycles. The molecule has 0 N–H and O–H groups in total. The van der Waals surface area contributed by atoms with E-state index in [4.69, 9.17) is 16.3 Å². The minimum absolute atomic E-state index is 0.145. The third-order valence-corrected chi connectivity index (χ3v) is 7.15. The fraction of sp³-hybridized carbons (Fsp3) is 0.700. The van der Waals surface area contributed by atoms with E-state index in [1.54, 1.807) is 0 Å². The van der Waals surface area contributed by atoms with Crippen molar-refractivity contribution in [2.45, 2.75) is 51.6 Å². The topological polar surface area (TPSA) is 45.7 Å². The quantitative estimate of drug-likeness (QED) is 0.758. The van der Waals surface area contributed by atoms with Crippen molar-refractivity contribution in [3.63, 3.8) is 0 Å². The molecule has 0 radical (unpaired) electrons. The molecule has 3 aliphatic heterocycles. The van der Waals surface area contributed by atoms with E-state index < -0.39 is 0 Å². The van der Waals surface area contributed by atoms with Crippen LogP contribution in [0.4, 0.5) is 5.82 Å². The second-order valence-electron chi connectivity index (χ2n) is 8.60. The third-order valence-electron chi connectivity index (χ3n) is 6.95. The number of rotatable bonds is 3. The van der Waals surface area contributed by atoms with Gasteiger partial charge < -0.3 is 14.5 Å². The van der Waals surface area contributed by atoms with E-state index in [1.165, 1.54) is 12.8 Å². The number of amides is 1. The van der Waals surface area contributed by atoms with Crippen LogP contribution >= 0.6 is 11.6 Å². The number of fused-ring (bicyclic) bond motifs is 1. The van der Waals surface area contributed by atoms with Gasteiger partial charge in [0, 0.05) is 38.9 Å². The van der Waals surface area contributed by atoms with Gasteiger partial charge in [0.05, 0.1) is 5.56 Å². The standard InChI is InChI=1S/C20H26ClN3O2/c1-13(14-2-3-14)24-11-15-10-16(21)22-18(17(15)19(24)25)23-7-4-20(12-23)5-8-26-9-6-20/h10,13-14H,2-9,11-12H2,1H3/t13-/m0/s1. The average Bonchev–Trinajstić information content (AvgIpc) is 3.34. The lowest BCUT2D eigenvalue weighted by atomic mass is 9.80. The van der Waals surface area contributed by atoms with Crippen LogP contribution in [0.3, 0.4) is 0 Å². The van der Waals surface area contributed by atoms with Crippen molar-refractivity contribution < 1.29 is 9.53 Å². The van der Waals surface area contributed by atoms with E-state index in [9.17, 15) is 4.79 Å². The molecule has 0 bridgehead atoms. The summed E-state index contributed by atoms with van der Waals surface area (Å²) in [6.45, 7) is 6.46. The lowest BCUT2D eigenvalue weighted by molar-refractivity contribution is 0.0254. The van der Waals surface area contributed by atoms with Crippen LogP contribution in [0.15, 0.2) is 6.07 Å². The zero-order chi connectivity index (χ0) is 17.9. The van der Waals surface area contributed by atoms with Gasteiger partial charge in [-0.25, -0.2) is 4.98 Å². The van der Waals surface area contributed by atoms with E-state index in [2.05, 4.69) is 16.8 Å². The molecule has 1 spiro atoms. The molecule has 1 saturated carbocycles. The molecular formula is C20H26ClN3O2. The molecular weight excluding hydrogens is 350 g/mol. The summed E-state index contributed by atoms with van der Waals surface area (Å²) in [7, 11) is 0. The first-order chi connectivity index (χ1) is 12.6. The fourth-order valence-corrected chi connectivity index (χ4v) is 5.24. The van der Waals surface area contributed by atoms with Crippen LogP contribution in [0.1, 0.15) is 54.9 Å². The number of aromatic nitrogens is 1. The van der Waals surface area contributed by atoms with Gasteiger partial charge in [-0.15, -0.1) is 0 Å². The number of hydrogen-bond acceptors (Lipinski definition) is 4. The summed E-state index contributed by atoms with van der Waals surface area (Å²) in [6, 6.07) is 2.19. The molecule has 4 aliphatic rings. The minimum atomic E-state index is 0.145. The number of anilines is 1. The molecule has 5 rings (SSSR count). The number of carbonyl (C=O) groups is 1. The van der Waals surface area contributed by atoms with Gasteiger partial charge in [0.2, 0.25) is 0 Å². The molecule has 1 aromatic heterocycles. The molecule has 0 unspecified atom stereocenters. The van der Waals surface area contributed by atoms with Crippen LogP contribution < -0.4 is 4.90 Å². The number of ether oxygens (including phenoxy) is 1. The Morgan fingerprint density at radius 3 is 2.81 bits per heavy atom. The second-order valence-corrected chi connectivity index (χ2v) is 8.98. The van der Waals surface area contributed by atoms with Gasteiger partial charge in [-0.2, -0.15) is 0 Å². The number of hydrogen-bond donors (Lipinski definition) is 0. The molecule has 6 heteroatoms. The van der Waals surface area contributed by atoms with Gasteiger partial charge in [-0.1, -0.05) is 11.6 Å². The maximum Gasteiger partial charge on any atom is 0.258 e. The normalized spacial score (nSPS) is 25.8. The van der Waals surface area contributed by atoms with Gasteiger partial charge >= 0.3 is 0 Å². The van der Waals surface area contributed by atoms with Crippen LogP contribution in [0.5, 0.6) is 0 Å². The maximum atomic E-state index is 13.2. The van der Waals surface area contributed by atoms with Gasteiger partial charge in [-0.3, -0.25) is 4.79 Å².